The summed E-state index contributed by atoms with van der Waals surface area (Å²) in [5.74, 6) is 0.660. The summed E-state index contributed by atoms with van der Waals surface area (Å²) in [4.78, 5) is 24.8. The maximum atomic E-state index is 12.5. The number of carbonyl (C=O) groups is 2. The Morgan fingerprint density at radius 1 is 0.839 bits per heavy atom. The fourth-order valence-corrected chi connectivity index (χ4v) is 3.00. The number of anilines is 2. The van der Waals surface area contributed by atoms with Gasteiger partial charge in [0, 0.05) is 17.8 Å². The van der Waals surface area contributed by atoms with Crippen molar-refractivity contribution in [2.24, 2.45) is 0 Å². The first-order chi connectivity index (χ1) is 15.0. The minimum atomic E-state index is -0.736. The van der Waals surface area contributed by atoms with Gasteiger partial charge < -0.3 is 20.1 Å². The van der Waals surface area contributed by atoms with Gasteiger partial charge in [-0.1, -0.05) is 48.5 Å². The van der Waals surface area contributed by atoms with Gasteiger partial charge in [0.2, 0.25) is 5.91 Å². The molecule has 2 amide bonds. The number of rotatable bonds is 9. The Kier molecular flexibility index (Phi) is 7.65. The fraction of sp³-hybridized carbons (Fsp3) is 0.200. The average Bonchev–Trinajstić information content (AvgIpc) is 2.79. The van der Waals surface area contributed by atoms with Crippen molar-refractivity contribution < 1.29 is 19.1 Å². The maximum Gasteiger partial charge on any atom is 0.265 e. The van der Waals surface area contributed by atoms with Gasteiger partial charge in [-0.05, 0) is 49.2 Å². The number of para-hydroxylation sites is 2. The van der Waals surface area contributed by atoms with E-state index in [1.807, 2.05) is 42.5 Å². The van der Waals surface area contributed by atoms with E-state index in [9.17, 15) is 9.59 Å². The van der Waals surface area contributed by atoms with Crippen molar-refractivity contribution >= 4 is 23.2 Å². The molecule has 160 valence electrons. The molecular weight excluding hydrogens is 392 g/mol. The van der Waals surface area contributed by atoms with Crippen LogP contribution in [-0.2, 0) is 16.0 Å². The van der Waals surface area contributed by atoms with E-state index in [1.165, 1.54) is 0 Å². The van der Waals surface area contributed by atoms with Gasteiger partial charge in [-0.2, -0.15) is 0 Å². The van der Waals surface area contributed by atoms with Crippen molar-refractivity contribution in [1.82, 2.24) is 0 Å². The van der Waals surface area contributed by atoms with Gasteiger partial charge in [0.15, 0.2) is 17.6 Å². The van der Waals surface area contributed by atoms with E-state index < -0.39 is 6.10 Å². The summed E-state index contributed by atoms with van der Waals surface area (Å²) in [5, 5.41) is 5.69. The van der Waals surface area contributed by atoms with Gasteiger partial charge in [0.1, 0.15) is 0 Å². The van der Waals surface area contributed by atoms with Gasteiger partial charge in [0.25, 0.3) is 5.91 Å². The van der Waals surface area contributed by atoms with Gasteiger partial charge in [-0.25, -0.2) is 0 Å². The number of carbonyl (C=O) groups excluding carboxylic acids is 2. The van der Waals surface area contributed by atoms with Crippen molar-refractivity contribution in [3.05, 3.63) is 84.4 Å². The molecule has 3 rings (SSSR count). The molecule has 6 heteroatoms. The Hall–Kier alpha value is -3.80. The molecule has 0 bridgehead atoms. The molecule has 0 aromatic heterocycles. The maximum absolute atomic E-state index is 12.5. The van der Waals surface area contributed by atoms with Crippen molar-refractivity contribution in [3.63, 3.8) is 0 Å². The number of benzene rings is 3. The first-order valence-corrected chi connectivity index (χ1v) is 10.1. The number of methoxy groups -OCH3 is 1. The molecule has 0 heterocycles. The Morgan fingerprint density at radius 3 is 2.19 bits per heavy atom. The molecule has 3 aromatic rings. The number of hydrogen-bond acceptors (Lipinski definition) is 4. The SMILES string of the molecule is COc1ccccc1OC(C)C(=O)Nc1cccc(NC(=O)CCc2ccccc2)c1. The topological polar surface area (TPSA) is 76.7 Å². The zero-order chi connectivity index (χ0) is 22.1. The Labute approximate surface area is 182 Å². The summed E-state index contributed by atoms with van der Waals surface area (Å²) in [6.45, 7) is 1.66. The highest BCUT2D eigenvalue weighted by atomic mass is 16.5. The first kappa shape index (κ1) is 21.9. The van der Waals surface area contributed by atoms with E-state index in [2.05, 4.69) is 10.6 Å². The Bertz CT molecular complexity index is 1020. The molecule has 0 saturated heterocycles. The molecule has 0 saturated carbocycles. The number of amides is 2. The highest BCUT2D eigenvalue weighted by molar-refractivity contribution is 5.96. The van der Waals surface area contributed by atoms with Gasteiger partial charge in [0.05, 0.1) is 7.11 Å². The lowest BCUT2D eigenvalue weighted by atomic mass is 10.1. The third-order valence-corrected chi connectivity index (χ3v) is 4.64. The molecular formula is C25H26N2O4. The standard InChI is InChI=1S/C25H26N2O4/c1-18(31-23-14-7-6-13-22(23)30-2)25(29)27-21-12-8-11-20(17-21)26-24(28)16-15-19-9-4-3-5-10-19/h3-14,17-18H,15-16H2,1-2H3,(H,26,28)(H,27,29). The van der Waals surface area contributed by atoms with E-state index in [4.69, 9.17) is 9.47 Å². The molecule has 0 aliphatic heterocycles. The van der Waals surface area contributed by atoms with Crippen LogP contribution in [0.3, 0.4) is 0 Å². The van der Waals surface area contributed by atoms with Crippen LogP contribution in [0.25, 0.3) is 0 Å². The van der Waals surface area contributed by atoms with Crippen molar-refractivity contribution in [3.8, 4) is 11.5 Å². The van der Waals surface area contributed by atoms with E-state index in [0.29, 0.717) is 35.7 Å². The predicted octanol–water partition coefficient (Wildman–Crippen LogP) is 4.67. The van der Waals surface area contributed by atoms with E-state index in [1.54, 1.807) is 50.4 Å². The van der Waals surface area contributed by atoms with Crippen molar-refractivity contribution in [2.75, 3.05) is 17.7 Å². The zero-order valence-electron chi connectivity index (χ0n) is 17.6. The normalized spacial score (nSPS) is 11.3. The van der Waals surface area contributed by atoms with Gasteiger partial charge >= 0.3 is 0 Å². The van der Waals surface area contributed by atoms with Crippen molar-refractivity contribution in [2.45, 2.75) is 25.9 Å². The summed E-state index contributed by atoms with van der Waals surface area (Å²) in [5.41, 5.74) is 2.30. The number of nitrogens with one attached hydrogen (secondary N) is 2. The van der Waals surface area contributed by atoms with Gasteiger partial charge in [-0.15, -0.1) is 0 Å². The van der Waals surface area contributed by atoms with Crippen LogP contribution in [-0.4, -0.2) is 25.0 Å². The number of ether oxygens (including phenoxy) is 2. The van der Waals surface area contributed by atoms with E-state index in [-0.39, 0.29) is 11.8 Å². The van der Waals surface area contributed by atoms with Crippen LogP contribution in [0, 0.1) is 0 Å². The van der Waals surface area contributed by atoms with Crippen LogP contribution in [0.1, 0.15) is 18.9 Å². The Morgan fingerprint density at radius 2 is 1.48 bits per heavy atom. The molecule has 0 aliphatic rings. The molecule has 1 atom stereocenters. The van der Waals surface area contributed by atoms with Crippen LogP contribution in [0.4, 0.5) is 11.4 Å². The minimum absolute atomic E-state index is 0.0831. The second-order valence-corrected chi connectivity index (χ2v) is 7.01. The summed E-state index contributed by atoms with van der Waals surface area (Å²) in [6.07, 6.45) is 0.311. The second kappa shape index (κ2) is 10.8. The monoisotopic (exact) mass is 418 g/mol. The molecule has 6 nitrogen and oxygen atoms in total. The highest BCUT2D eigenvalue weighted by Crippen LogP contribution is 2.27. The molecule has 31 heavy (non-hydrogen) atoms. The fourth-order valence-electron chi connectivity index (χ4n) is 3.00. The lowest BCUT2D eigenvalue weighted by Gasteiger charge is -2.17. The number of hydrogen-bond donors (Lipinski definition) is 2. The van der Waals surface area contributed by atoms with Crippen LogP contribution in [0.5, 0.6) is 11.5 Å². The van der Waals surface area contributed by atoms with Gasteiger partial charge in [-0.3, -0.25) is 9.59 Å². The smallest absolute Gasteiger partial charge is 0.265 e. The second-order valence-electron chi connectivity index (χ2n) is 7.01. The highest BCUT2D eigenvalue weighted by Gasteiger charge is 2.17. The van der Waals surface area contributed by atoms with Crippen LogP contribution >= 0.6 is 0 Å². The first-order valence-electron chi connectivity index (χ1n) is 10.1. The molecule has 2 N–H and O–H groups in total. The van der Waals surface area contributed by atoms with E-state index >= 15 is 0 Å². The molecule has 1 unspecified atom stereocenters. The summed E-state index contributed by atoms with van der Waals surface area (Å²) < 4.78 is 11.0. The van der Waals surface area contributed by atoms with E-state index in [0.717, 1.165) is 5.56 Å². The minimum Gasteiger partial charge on any atom is -0.493 e. The average molecular weight is 418 g/mol. The zero-order valence-corrected chi connectivity index (χ0v) is 17.6. The molecule has 0 fully saturated rings. The lowest BCUT2D eigenvalue weighted by Crippen LogP contribution is -2.30. The quantitative estimate of drug-likeness (QED) is 0.529. The summed E-state index contributed by atoms with van der Waals surface area (Å²) >= 11 is 0. The Balaban J connectivity index is 1.54. The van der Waals surface area contributed by atoms with Crippen LogP contribution < -0.4 is 20.1 Å². The predicted molar refractivity (Wildman–Crippen MR) is 122 cm³/mol. The summed E-state index contributed by atoms with van der Waals surface area (Å²) in [6, 6.07) is 24.0. The molecule has 3 aromatic carbocycles. The third kappa shape index (κ3) is 6.60. The molecule has 0 aliphatic carbocycles. The molecule has 0 radical (unpaired) electrons. The third-order valence-electron chi connectivity index (χ3n) is 4.64. The summed E-state index contributed by atoms with van der Waals surface area (Å²) in [7, 11) is 1.55. The van der Waals surface area contributed by atoms with Crippen LogP contribution in [0.2, 0.25) is 0 Å². The lowest BCUT2D eigenvalue weighted by molar-refractivity contribution is -0.122. The van der Waals surface area contributed by atoms with Crippen LogP contribution in [0.15, 0.2) is 78.9 Å². The largest absolute Gasteiger partial charge is 0.493 e. The molecule has 0 spiro atoms. The number of aryl methyl sites for hydroxylation is 1. The van der Waals surface area contributed by atoms with Crippen molar-refractivity contribution in [1.29, 1.82) is 0 Å².